The number of carbonyl (C=O) groups is 1. The van der Waals surface area contributed by atoms with Crippen LogP contribution in [0.4, 0.5) is 0 Å². The number of carboxylic acid groups (broad SMARTS) is 1. The van der Waals surface area contributed by atoms with Crippen LogP contribution in [0.15, 0.2) is 30.3 Å². The molecular formula is C15H18N4O2. The quantitative estimate of drug-likeness (QED) is 0.846. The summed E-state index contributed by atoms with van der Waals surface area (Å²) in [5.41, 5.74) is 1.01. The fourth-order valence-corrected chi connectivity index (χ4v) is 2.02. The highest BCUT2D eigenvalue weighted by molar-refractivity contribution is 5.73. The monoisotopic (exact) mass is 286 g/mol. The van der Waals surface area contributed by atoms with Crippen molar-refractivity contribution in [2.75, 3.05) is 0 Å². The molecule has 2 aromatic rings. The first-order valence-electron chi connectivity index (χ1n) is 6.96. The zero-order valence-corrected chi connectivity index (χ0v) is 11.9. The molecule has 1 N–H and O–H groups in total. The van der Waals surface area contributed by atoms with E-state index in [1.807, 2.05) is 43.3 Å². The third-order valence-corrected chi connectivity index (χ3v) is 3.15. The van der Waals surface area contributed by atoms with Gasteiger partial charge >= 0.3 is 5.97 Å². The lowest BCUT2D eigenvalue weighted by molar-refractivity contribution is -0.141. The molecule has 21 heavy (non-hydrogen) atoms. The van der Waals surface area contributed by atoms with Crippen LogP contribution in [0.5, 0.6) is 0 Å². The van der Waals surface area contributed by atoms with Gasteiger partial charge in [-0.2, -0.15) is 0 Å². The standard InChI is InChI=1S/C15H18N4O2/c1-2-3-9-13(15(20)21)19-14(16-17-18-19)11-10-12-7-5-4-6-8-12/h4-8,10-11,13H,2-3,9H2,1H3,(H,20,21)/b11-10+. The molecule has 0 aliphatic carbocycles. The highest BCUT2D eigenvalue weighted by Gasteiger charge is 2.22. The average molecular weight is 286 g/mol. The highest BCUT2D eigenvalue weighted by atomic mass is 16.4. The number of rotatable bonds is 7. The van der Waals surface area contributed by atoms with Crippen molar-refractivity contribution in [3.63, 3.8) is 0 Å². The van der Waals surface area contributed by atoms with E-state index >= 15 is 0 Å². The molecule has 1 unspecified atom stereocenters. The second kappa shape index (κ2) is 7.33. The van der Waals surface area contributed by atoms with Gasteiger partial charge < -0.3 is 5.11 Å². The van der Waals surface area contributed by atoms with Gasteiger partial charge in [-0.25, -0.2) is 9.48 Å². The molecule has 1 aromatic heterocycles. The third kappa shape index (κ3) is 3.98. The summed E-state index contributed by atoms with van der Waals surface area (Å²) in [7, 11) is 0. The summed E-state index contributed by atoms with van der Waals surface area (Å²) in [6, 6.07) is 8.99. The molecule has 110 valence electrons. The van der Waals surface area contributed by atoms with Crippen LogP contribution in [0.3, 0.4) is 0 Å². The zero-order chi connectivity index (χ0) is 15.1. The van der Waals surface area contributed by atoms with Crippen LogP contribution in [0.25, 0.3) is 12.2 Å². The van der Waals surface area contributed by atoms with Crippen LogP contribution in [0.1, 0.15) is 43.6 Å². The van der Waals surface area contributed by atoms with E-state index in [1.165, 1.54) is 4.68 Å². The Morgan fingerprint density at radius 2 is 2.10 bits per heavy atom. The summed E-state index contributed by atoms with van der Waals surface area (Å²) in [5, 5.41) is 20.7. The van der Waals surface area contributed by atoms with Gasteiger partial charge in [-0.05, 0) is 28.5 Å². The van der Waals surface area contributed by atoms with Gasteiger partial charge in [-0.15, -0.1) is 5.10 Å². The summed E-state index contributed by atoms with van der Waals surface area (Å²) < 4.78 is 1.37. The Balaban J connectivity index is 2.20. The van der Waals surface area contributed by atoms with E-state index in [0.717, 1.165) is 18.4 Å². The van der Waals surface area contributed by atoms with Crippen LogP contribution in [-0.2, 0) is 4.79 Å². The second-order valence-corrected chi connectivity index (χ2v) is 4.72. The van der Waals surface area contributed by atoms with Crippen molar-refractivity contribution in [3.8, 4) is 0 Å². The maximum Gasteiger partial charge on any atom is 0.328 e. The molecule has 1 aromatic carbocycles. The van der Waals surface area contributed by atoms with Crippen molar-refractivity contribution in [2.24, 2.45) is 0 Å². The average Bonchev–Trinajstić information content (AvgIpc) is 2.94. The Bertz CT molecular complexity index is 607. The van der Waals surface area contributed by atoms with Gasteiger partial charge in [-0.1, -0.05) is 56.2 Å². The Labute approximate surface area is 123 Å². The fourth-order valence-electron chi connectivity index (χ4n) is 2.02. The Morgan fingerprint density at radius 1 is 1.33 bits per heavy atom. The number of unbranched alkanes of at least 4 members (excludes halogenated alkanes) is 1. The molecule has 0 saturated heterocycles. The van der Waals surface area contributed by atoms with E-state index in [9.17, 15) is 9.90 Å². The number of tetrazole rings is 1. The molecular weight excluding hydrogens is 268 g/mol. The molecule has 1 heterocycles. The summed E-state index contributed by atoms with van der Waals surface area (Å²) in [5.74, 6) is -0.465. The number of benzene rings is 1. The second-order valence-electron chi connectivity index (χ2n) is 4.72. The summed E-state index contributed by atoms with van der Waals surface area (Å²) in [6.07, 6.45) is 5.86. The smallest absolute Gasteiger partial charge is 0.328 e. The first-order chi connectivity index (χ1) is 10.2. The van der Waals surface area contributed by atoms with Crippen molar-refractivity contribution in [1.82, 2.24) is 20.2 Å². The predicted molar refractivity (Wildman–Crippen MR) is 79.4 cm³/mol. The van der Waals surface area contributed by atoms with E-state index < -0.39 is 12.0 Å². The molecule has 2 rings (SSSR count). The molecule has 1 atom stereocenters. The molecule has 6 nitrogen and oxygen atoms in total. The van der Waals surface area contributed by atoms with Crippen LogP contribution in [0, 0.1) is 0 Å². The van der Waals surface area contributed by atoms with Crippen LogP contribution >= 0.6 is 0 Å². The molecule has 0 radical (unpaired) electrons. The maximum absolute atomic E-state index is 11.4. The normalized spacial score (nSPS) is 12.6. The number of hydrogen-bond donors (Lipinski definition) is 1. The molecule has 0 saturated carbocycles. The predicted octanol–water partition coefficient (Wildman–Crippen LogP) is 2.66. The molecule has 0 spiro atoms. The minimum absolute atomic E-state index is 0.447. The molecule has 0 aliphatic heterocycles. The van der Waals surface area contributed by atoms with Crippen molar-refractivity contribution < 1.29 is 9.90 Å². The van der Waals surface area contributed by atoms with E-state index in [0.29, 0.717) is 12.2 Å². The van der Waals surface area contributed by atoms with E-state index in [-0.39, 0.29) is 0 Å². The zero-order valence-electron chi connectivity index (χ0n) is 11.9. The molecule has 0 bridgehead atoms. The Morgan fingerprint density at radius 3 is 2.76 bits per heavy atom. The third-order valence-electron chi connectivity index (χ3n) is 3.15. The lowest BCUT2D eigenvalue weighted by Crippen LogP contribution is -2.21. The van der Waals surface area contributed by atoms with Gasteiger partial charge in [-0.3, -0.25) is 0 Å². The summed E-state index contributed by atoms with van der Waals surface area (Å²) in [6.45, 7) is 2.02. The molecule has 0 fully saturated rings. The van der Waals surface area contributed by atoms with Crippen LogP contribution in [-0.4, -0.2) is 31.3 Å². The van der Waals surface area contributed by atoms with Crippen molar-refractivity contribution in [3.05, 3.63) is 41.7 Å². The SMILES string of the molecule is CCCCC(C(=O)O)n1nnnc1/C=C/c1ccccc1. The highest BCUT2D eigenvalue weighted by Crippen LogP contribution is 2.17. The van der Waals surface area contributed by atoms with Crippen molar-refractivity contribution in [1.29, 1.82) is 0 Å². The van der Waals surface area contributed by atoms with Gasteiger partial charge in [0, 0.05) is 0 Å². The van der Waals surface area contributed by atoms with E-state index in [4.69, 9.17) is 0 Å². The minimum Gasteiger partial charge on any atom is -0.480 e. The maximum atomic E-state index is 11.4. The van der Waals surface area contributed by atoms with Crippen LogP contribution in [0.2, 0.25) is 0 Å². The number of carboxylic acids is 1. The Hall–Kier alpha value is -2.50. The molecule has 0 aliphatic rings. The van der Waals surface area contributed by atoms with Gasteiger partial charge in [0.1, 0.15) is 0 Å². The van der Waals surface area contributed by atoms with Crippen LogP contribution < -0.4 is 0 Å². The molecule has 0 amide bonds. The van der Waals surface area contributed by atoms with E-state index in [1.54, 1.807) is 6.08 Å². The number of aromatic nitrogens is 4. The number of nitrogens with zero attached hydrogens (tertiary/aromatic N) is 4. The largest absolute Gasteiger partial charge is 0.480 e. The Kier molecular flexibility index (Phi) is 5.20. The van der Waals surface area contributed by atoms with E-state index in [2.05, 4.69) is 15.5 Å². The molecule has 6 heteroatoms. The van der Waals surface area contributed by atoms with Crippen molar-refractivity contribution in [2.45, 2.75) is 32.2 Å². The first-order valence-corrected chi connectivity index (χ1v) is 6.96. The lowest BCUT2D eigenvalue weighted by Gasteiger charge is -2.12. The summed E-state index contributed by atoms with van der Waals surface area (Å²) >= 11 is 0. The fraction of sp³-hybridized carbons (Fsp3) is 0.333. The van der Waals surface area contributed by atoms with Crippen molar-refractivity contribution >= 4 is 18.1 Å². The summed E-state index contributed by atoms with van der Waals surface area (Å²) in [4.78, 5) is 11.4. The lowest BCUT2D eigenvalue weighted by atomic mass is 10.1. The number of aliphatic carboxylic acids is 1. The van der Waals surface area contributed by atoms with Gasteiger partial charge in [0.05, 0.1) is 0 Å². The van der Waals surface area contributed by atoms with Gasteiger partial charge in [0.25, 0.3) is 0 Å². The minimum atomic E-state index is -0.912. The van der Waals surface area contributed by atoms with Gasteiger partial charge in [0.2, 0.25) is 0 Å². The first kappa shape index (κ1) is 14.9. The topological polar surface area (TPSA) is 80.9 Å². The number of hydrogen-bond acceptors (Lipinski definition) is 4. The van der Waals surface area contributed by atoms with Gasteiger partial charge in [0.15, 0.2) is 11.9 Å².